The first-order valence-corrected chi connectivity index (χ1v) is 9.68. The lowest BCUT2D eigenvalue weighted by Crippen LogP contribution is -2.30. The number of H-pyrrole nitrogens is 1. The number of fused-ring (bicyclic) bond motifs is 2. The second kappa shape index (κ2) is 6.88. The normalized spacial score (nSPS) is 18.5. The number of aromatic nitrogens is 2. The number of rotatable bonds is 4. The van der Waals surface area contributed by atoms with Crippen molar-refractivity contribution in [3.8, 4) is 11.1 Å². The summed E-state index contributed by atoms with van der Waals surface area (Å²) in [7, 11) is 0. The number of benzene rings is 3. The van der Waals surface area contributed by atoms with Crippen molar-refractivity contribution in [3.63, 3.8) is 0 Å². The van der Waals surface area contributed by atoms with E-state index in [0.717, 1.165) is 34.1 Å². The Morgan fingerprint density at radius 1 is 1.07 bits per heavy atom. The van der Waals surface area contributed by atoms with Gasteiger partial charge in [0.1, 0.15) is 6.17 Å². The molecule has 4 heteroatoms. The van der Waals surface area contributed by atoms with Crippen LogP contribution in [-0.4, -0.2) is 16.0 Å². The predicted molar refractivity (Wildman–Crippen MR) is 111 cm³/mol. The summed E-state index contributed by atoms with van der Waals surface area (Å²) in [5.74, 6) is 0. The molecule has 0 bridgehead atoms. The van der Waals surface area contributed by atoms with Gasteiger partial charge in [0.05, 0.1) is 17.4 Å². The van der Waals surface area contributed by atoms with E-state index in [4.69, 9.17) is 0 Å². The third-order valence-electron chi connectivity index (χ3n) is 5.83. The van der Waals surface area contributed by atoms with Crippen LogP contribution in [0.2, 0.25) is 0 Å². The Morgan fingerprint density at radius 2 is 1.89 bits per heavy atom. The fourth-order valence-electron chi connectivity index (χ4n) is 4.24. The molecule has 0 radical (unpaired) electrons. The molecular weight excluding hydrogens is 349 g/mol. The fraction of sp³-hybridized carbons (Fsp3) is 0.208. The maximum Gasteiger partial charge on any atom is 0.141 e. The predicted octanol–water partition coefficient (Wildman–Crippen LogP) is 5.26. The Hall–Kier alpha value is -2.98. The number of aryl methyl sites for hydroxylation is 1. The van der Waals surface area contributed by atoms with Crippen molar-refractivity contribution in [1.29, 1.82) is 0 Å². The minimum absolute atomic E-state index is 0.151. The summed E-state index contributed by atoms with van der Waals surface area (Å²) >= 11 is 0. The number of hydrogen-bond donors (Lipinski definition) is 2. The average molecular weight is 371 g/mol. The highest BCUT2D eigenvalue weighted by atomic mass is 19.1. The average Bonchev–Trinajstić information content (AvgIpc) is 3.33. The zero-order valence-corrected chi connectivity index (χ0v) is 15.7. The van der Waals surface area contributed by atoms with E-state index in [1.807, 2.05) is 30.3 Å². The van der Waals surface area contributed by atoms with E-state index in [1.165, 1.54) is 16.7 Å². The summed E-state index contributed by atoms with van der Waals surface area (Å²) in [6.45, 7) is 2.78. The Bertz CT molecular complexity index is 1130. The van der Waals surface area contributed by atoms with Crippen molar-refractivity contribution < 1.29 is 4.39 Å². The Labute approximate surface area is 163 Å². The first kappa shape index (κ1) is 17.1. The molecule has 1 aliphatic rings. The molecule has 1 aliphatic carbocycles. The quantitative estimate of drug-likeness (QED) is 0.513. The lowest BCUT2D eigenvalue weighted by atomic mass is 9.98. The van der Waals surface area contributed by atoms with Crippen LogP contribution in [0.25, 0.3) is 22.2 Å². The number of hydrogen-bond acceptors (Lipinski definition) is 2. The fourth-order valence-corrected chi connectivity index (χ4v) is 4.24. The molecule has 0 fully saturated rings. The van der Waals surface area contributed by atoms with Crippen molar-refractivity contribution in [2.45, 2.75) is 32.1 Å². The highest BCUT2D eigenvalue weighted by Gasteiger charge is 2.31. The molecule has 3 nitrogen and oxygen atoms in total. The molecule has 3 aromatic carbocycles. The molecule has 1 heterocycles. The monoisotopic (exact) mass is 371 g/mol. The van der Waals surface area contributed by atoms with Crippen molar-refractivity contribution in [3.05, 3.63) is 89.2 Å². The van der Waals surface area contributed by atoms with Gasteiger partial charge in [-0.2, -0.15) is 0 Å². The summed E-state index contributed by atoms with van der Waals surface area (Å²) in [6, 6.07) is 20.3. The molecule has 0 saturated carbocycles. The summed E-state index contributed by atoms with van der Waals surface area (Å²) in [5.41, 5.74) is 8.75. The van der Waals surface area contributed by atoms with Gasteiger partial charge in [0.2, 0.25) is 0 Å². The standard InChI is InChI=1S/C24H22FN3/c1-15-19(10-11-21-24(15)28-14-27-21)17-8-6-16(7-9-17)13-26-22-12-18-4-2-3-5-20(18)23(22)25/h2-11,14,22-23,26H,12-13H2,1H3,(H,27,28)/t22-,23+/m1/s1. The first-order valence-electron chi connectivity index (χ1n) is 9.68. The zero-order chi connectivity index (χ0) is 19.1. The van der Waals surface area contributed by atoms with E-state index >= 15 is 0 Å². The van der Waals surface area contributed by atoms with E-state index in [-0.39, 0.29) is 6.04 Å². The van der Waals surface area contributed by atoms with Crippen LogP contribution in [0.4, 0.5) is 4.39 Å². The van der Waals surface area contributed by atoms with Crippen LogP contribution >= 0.6 is 0 Å². The van der Waals surface area contributed by atoms with Crippen LogP contribution in [0.15, 0.2) is 67.0 Å². The SMILES string of the molecule is Cc1c(-c2ccc(CN[C@@H]3Cc4ccccc4[C@@H]3F)cc2)ccc2nc[nH]c12. The van der Waals surface area contributed by atoms with Crippen molar-refractivity contribution in [2.24, 2.45) is 0 Å². The molecule has 2 N–H and O–H groups in total. The number of nitrogens with zero attached hydrogens (tertiary/aromatic N) is 1. The highest BCUT2D eigenvalue weighted by Crippen LogP contribution is 2.34. The zero-order valence-electron chi connectivity index (χ0n) is 15.7. The molecule has 5 rings (SSSR count). The van der Waals surface area contributed by atoms with Crippen molar-refractivity contribution in [2.75, 3.05) is 0 Å². The van der Waals surface area contributed by atoms with Crippen LogP contribution in [0.5, 0.6) is 0 Å². The maximum atomic E-state index is 14.6. The highest BCUT2D eigenvalue weighted by molar-refractivity contribution is 5.86. The van der Waals surface area contributed by atoms with Crippen molar-refractivity contribution >= 4 is 11.0 Å². The van der Waals surface area contributed by atoms with E-state index in [9.17, 15) is 4.39 Å². The van der Waals surface area contributed by atoms with Gasteiger partial charge in [0.15, 0.2) is 0 Å². The van der Waals surface area contributed by atoms with Gasteiger partial charge in [-0.25, -0.2) is 9.37 Å². The minimum Gasteiger partial charge on any atom is -0.344 e. The third-order valence-corrected chi connectivity index (χ3v) is 5.83. The summed E-state index contributed by atoms with van der Waals surface area (Å²) in [5, 5.41) is 3.40. The van der Waals surface area contributed by atoms with Gasteiger partial charge in [-0.15, -0.1) is 0 Å². The van der Waals surface area contributed by atoms with Crippen LogP contribution in [0.3, 0.4) is 0 Å². The summed E-state index contributed by atoms with van der Waals surface area (Å²) in [4.78, 5) is 7.53. The van der Waals surface area contributed by atoms with E-state index in [1.54, 1.807) is 6.33 Å². The van der Waals surface area contributed by atoms with Gasteiger partial charge >= 0.3 is 0 Å². The molecular formula is C24H22FN3. The van der Waals surface area contributed by atoms with Gasteiger partial charge in [-0.05, 0) is 52.8 Å². The number of alkyl halides is 1. The third kappa shape index (κ3) is 2.90. The molecule has 0 unspecified atom stereocenters. The molecule has 0 amide bonds. The number of halogens is 1. The van der Waals surface area contributed by atoms with Crippen LogP contribution in [-0.2, 0) is 13.0 Å². The lowest BCUT2D eigenvalue weighted by Gasteiger charge is -2.16. The first-order chi connectivity index (χ1) is 13.7. The van der Waals surface area contributed by atoms with E-state index in [2.05, 4.69) is 52.5 Å². The molecule has 1 aromatic heterocycles. The molecule has 4 aromatic rings. The molecule has 2 atom stereocenters. The van der Waals surface area contributed by atoms with Crippen LogP contribution in [0, 0.1) is 6.92 Å². The lowest BCUT2D eigenvalue weighted by molar-refractivity contribution is 0.271. The Balaban J connectivity index is 1.30. The number of imidazole rings is 1. The maximum absolute atomic E-state index is 14.6. The minimum atomic E-state index is -0.931. The molecule has 0 spiro atoms. The second-order valence-corrected chi connectivity index (χ2v) is 7.52. The summed E-state index contributed by atoms with van der Waals surface area (Å²) < 4.78 is 14.6. The molecule has 28 heavy (non-hydrogen) atoms. The van der Waals surface area contributed by atoms with Gasteiger partial charge in [-0.3, -0.25) is 0 Å². The largest absolute Gasteiger partial charge is 0.344 e. The Morgan fingerprint density at radius 3 is 2.71 bits per heavy atom. The number of aromatic amines is 1. The van der Waals surface area contributed by atoms with E-state index in [0.29, 0.717) is 6.54 Å². The van der Waals surface area contributed by atoms with Gasteiger partial charge in [-0.1, -0.05) is 54.6 Å². The smallest absolute Gasteiger partial charge is 0.141 e. The van der Waals surface area contributed by atoms with Crippen LogP contribution in [0.1, 0.15) is 28.4 Å². The number of nitrogens with one attached hydrogen (secondary N) is 2. The van der Waals surface area contributed by atoms with Crippen molar-refractivity contribution in [1.82, 2.24) is 15.3 Å². The topological polar surface area (TPSA) is 40.7 Å². The van der Waals surface area contributed by atoms with Gasteiger partial charge < -0.3 is 10.3 Å². The summed E-state index contributed by atoms with van der Waals surface area (Å²) in [6.07, 6.45) is 1.55. The Kier molecular flexibility index (Phi) is 4.21. The van der Waals surface area contributed by atoms with Gasteiger partial charge in [0, 0.05) is 12.6 Å². The van der Waals surface area contributed by atoms with Gasteiger partial charge in [0.25, 0.3) is 0 Å². The molecule has 0 aliphatic heterocycles. The molecule has 0 saturated heterocycles. The second-order valence-electron chi connectivity index (χ2n) is 7.52. The molecule has 140 valence electrons. The van der Waals surface area contributed by atoms with Crippen LogP contribution < -0.4 is 5.32 Å². The van der Waals surface area contributed by atoms with E-state index < -0.39 is 6.17 Å².